The van der Waals surface area contributed by atoms with Crippen LogP contribution in [0.4, 0.5) is 0 Å². The monoisotopic (exact) mass is 214 g/mol. The minimum Gasteiger partial charge on any atom is -0.365 e. The number of amides is 1. The van der Waals surface area contributed by atoms with E-state index in [2.05, 4.69) is 6.92 Å². The first kappa shape index (κ1) is 12.5. The number of rotatable bonds is 4. The van der Waals surface area contributed by atoms with E-state index in [9.17, 15) is 4.79 Å². The van der Waals surface area contributed by atoms with Gasteiger partial charge in [0.25, 0.3) is 5.91 Å². The van der Waals surface area contributed by atoms with Crippen molar-refractivity contribution in [1.29, 1.82) is 0 Å². The molecular formula is C11H22N2O2. The number of hydrogen-bond acceptors (Lipinski definition) is 3. The van der Waals surface area contributed by atoms with Crippen LogP contribution in [-0.2, 0) is 9.53 Å². The number of hydrogen-bond donors (Lipinski definition) is 1. The highest BCUT2D eigenvalue weighted by atomic mass is 16.5. The molecule has 1 amide bonds. The maximum Gasteiger partial charge on any atom is 0.251 e. The molecule has 1 aliphatic heterocycles. The molecule has 3 unspecified atom stereocenters. The molecule has 1 heterocycles. The van der Waals surface area contributed by atoms with Gasteiger partial charge in [0.05, 0.1) is 6.10 Å². The molecule has 0 aromatic heterocycles. The van der Waals surface area contributed by atoms with E-state index in [0.717, 1.165) is 19.3 Å². The van der Waals surface area contributed by atoms with Crippen LogP contribution in [0.15, 0.2) is 0 Å². The fourth-order valence-electron chi connectivity index (χ4n) is 1.79. The number of ether oxygens (including phenoxy) is 1. The zero-order valence-electron chi connectivity index (χ0n) is 9.90. The van der Waals surface area contributed by atoms with Crippen molar-refractivity contribution in [2.24, 2.45) is 5.73 Å². The second-order valence-electron chi connectivity index (χ2n) is 4.27. The van der Waals surface area contributed by atoms with Gasteiger partial charge >= 0.3 is 0 Å². The summed E-state index contributed by atoms with van der Waals surface area (Å²) in [4.78, 5) is 13.6. The lowest BCUT2D eigenvalue weighted by atomic mass is 10.1. The van der Waals surface area contributed by atoms with E-state index in [4.69, 9.17) is 10.5 Å². The average molecular weight is 214 g/mol. The summed E-state index contributed by atoms with van der Waals surface area (Å²) in [6.45, 7) is 4.53. The minimum atomic E-state index is -0.242. The van der Waals surface area contributed by atoms with Crippen molar-refractivity contribution < 1.29 is 9.53 Å². The lowest BCUT2D eigenvalue weighted by molar-refractivity contribution is -0.143. The van der Waals surface area contributed by atoms with Gasteiger partial charge in [-0.3, -0.25) is 4.79 Å². The Morgan fingerprint density at radius 1 is 1.60 bits per heavy atom. The highest BCUT2D eigenvalue weighted by Crippen LogP contribution is 2.23. The number of carbonyl (C=O) groups excluding carboxylic acids is 1. The molecule has 4 nitrogen and oxygen atoms in total. The topological polar surface area (TPSA) is 55.6 Å². The maximum absolute atomic E-state index is 12.0. The van der Waals surface area contributed by atoms with Gasteiger partial charge in [0, 0.05) is 19.6 Å². The third kappa shape index (κ3) is 2.92. The quantitative estimate of drug-likeness (QED) is 0.751. The number of nitrogens with two attached hydrogens (primary N) is 1. The molecule has 0 aromatic rings. The van der Waals surface area contributed by atoms with E-state index >= 15 is 0 Å². The Bertz CT molecular complexity index is 221. The van der Waals surface area contributed by atoms with E-state index in [1.807, 2.05) is 6.92 Å². The molecule has 1 rings (SSSR count). The maximum atomic E-state index is 12.0. The minimum absolute atomic E-state index is 0.0731. The van der Waals surface area contributed by atoms with Crippen molar-refractivity contribution >= 4 is 5.91 Å². The largest absolute Gasteiger partial charge is 0.365 e. The van der Waals surface area contributed by atoms with Gasteiger partial charge in [0.15, 0.2) is 0 Å². The van der Waals surface area contributed by atoms with Crippen LogP contribution in [0.2, 0.25) is 0 Å². The summed E-state index contributed by atoms with van der Waals surface area (Å²) in [5.74, 6) is 0.0731. The average Bonchev–Trinajstić information content (AvgIpc) is 2.74. The highest BCUT2D eigenvalue weighted by Gasteiger charge is 2.32. The van der Waals surface area contributed by atoms with Crippen molar-refractivity contribution in [2.45, 2.75) is 51.4 Å². The Hall–Kier alpha value is -0.610. The van der Waals surface area contributed by atoms with E-state index in [0.29, 0.717) is 6.54 Å². The lowest BCUT2D eigenvalue weighted by Gasteiger charge is -2.26. The van der Waals surface area contributed by atoms with Crippen LogP contribution in [0.5, 0.6) is 0 Å². The molecule has 15 heavy (non-hydrogen) atoms. The molecule has 0 saturated carbocycles. The van der Waals surface area contributed by atoms with Crippen molar-refractivity contribution in [2.75, 3.05) is 13.6 Å². The van der Waals surface area contributed by atoms with Crippen LogP contribution in [0.25, 0.3) is 0 Å². The summed E-state index contributed by atoms with van der Waals surface area (Å²) in [5.41, 5.74) is 5.53. The van der Waals surface area contributed by atoms with Gasteiger partial charge in [-0.15, -0.1) is 0 Å². The Kier molecular flexibility index (Phi) is 4.54. The number of carbonyl (C=O) groups is 1. The zero-order chi connectivity index (χ0) is 11.4. The molecule has 0 radical (unpaired) electrons. The first-order valence-corrected chi connectivity index (χ1v) is 5.72. The third-order valence-electron chi connectivity index (χ3n) is 3.19. The molecule has 0 bridgehead atoms. The molecule has 88 valence electrons. The summed E-state index contributed by atoms with van der Waals surface area (Å²) in [6, 6.07) is 0.0850. The van der Waals surface area contributed by atoms with Crippen molar-refractivity contribution in [3.63, 3.8) is 0 Å². The summed E-state index contributed by atoms with van der Waals surface area (Å²) in [5, 5.41) is 0. The molecule has 1 fully saturated rings. The van der Waals surface area contributed by atoms with Gasteiger partial charge in [0.2, 0.25) is 0 Å². The predicted molar refractivity (Wildman–Crippen MR) is 59.5 cm³/mol. The smallest absolute Gasteiger partial charge is 0.251 e. The Morgan fingerprint density at radius 3 is 2.73 bits per heavy atom. The number of likely N-dealkylation sites (N-methyl/N-ethyl adjacent to an activating group) is 1. The summed E-state index contributed by atoms with van der Waals surface area (Å²) in [7, 11) is 1.79. The first-order valence-electron chi connectivity index (χ1n) is 5.72. The second-order valence-corrected chi connectivity index (χ2v) is 4.27. The Labute approximate surface area is 91.8 Å². The molecule has 0 aromatic carbocycles. The molecule has 0 aliphatic carbocycles. The summed E-state index contributed by atoms with van der Waals surface area (Å²) in [6.07, 6.45) is 2.85. The van der Waals surface area contributed by atoms with Crippen LogP contribution < -0.4 is 5.73 Å². The van der Waals surface area contributed by atoms with Crippen molar-refractivity contribution in [1.82, 2.24) is 4.90 Å². The molecule has 0 spiro atoms. The highest BCUT2D eigenvalue weighted by molar-refractivity contribution is 5.81. The van der Waals surface area contributed by atoms with Crippen molar-refractivity contribution in [3.05, 3.63) is 0 Å². The predicted octanol–water partition coefficient (Wildman–Crippen LogP) is 0.750. The van der Waals surface area contributed by atoms with Crippen LogP contribution >= 0.6 is 0 Å². The Balaban J connectivity index is 2.47. The zero-order valence-corrected chi connectivity index (χ0v) is 9.90. The van der Waals surface area contributed by atoms with E-state index in [-0.39, 0.29) is 24.2 Å². The standard InChI is InChI=1S/C11H22N2O2/c1-4-9-5-6-10(15-9)11(14)13(3)8(2)7-12/h8-10H,4-7,12H2,1-3H3. The fraction of sp³-hybridized carbons (Fsp3) is 0.909. The van der Waals surface area contributed by atoms with Gasteiger partial charge < -0.3 is 15.4 Å². The van der Waals surface area contributed by atoms with E-state index < -0.39 is 0 Å². The molecule has 1 saturated heterocycles. The van der Waals surface area contributed by atoms with Crippen LogP contribution in [0.3, 0.4) is 0 Å². The van der Waals surface area contributed by atoms with E-state index in [1.54, 1.807) is 11.9 Å². The number of nitrogens with zero attached hydrogens (tertiary/aromatic N) is 1. The molecule has 3 atom stereocenters. The van der Waals surface area contributed by atoms with Gasteiger partial charge in [0.1, 0.15) is 6.10 Å². The van der Waals surface area contributed by atoms with Crippen LogP contribution in [0.1, 0.15) is 33.1 Å². The van der Waals surface area contributed by atoms with Crippen LogP contribution in [-0.4, -0.2) is 42.6 Å². The Morgan fingerprint density at radius 2 is 2.27 bits per heavy atom. The lowest BCUT2D eigenvalue weighted by Crippen LogP contribution is -2.44. The van der Waals surface area contributed by atoms with Crippen LogP contribution in [0, 0.1) is 0 Å². The normalized spacial score (nSPS) is 27.7. The third-order valence-corrected chi connectivity index (χ3v) is 3.19. The summed E-state index contributed by atoms with van der Waals surface area (Å²) >= 11 is 0. The van der Waals surface area contributed by atoms with Gasteiger partial charge in [-0.2, -0.15) is 0 Å². The first-order chi connectivity index (χ1) is 7.10. The van der Waals surface area contributed by atoms with Crippen molar-refractivity contribution in [3.8, 4) is 0 Å². The molecule has 1 aliphatic rings. The summed E-state index contributed by atoms with van der Waals surface area (Å²) < 4.78 is 5.66. The van der Waals surface area contributed by atoms with E-state index in [1.165, 1.54) is 0 Å². The molecular weight excluding hydrogens is 192 g/mol. The fourth-order valence-corrected chi connectivity index (χ4v) is 1.79. The second kappa shape index (κ2) is 5.47. The van der Waals surface area contributed by atoms with Gasteiger partial charge in [-0.05, 0) is 26.2 Å². The molecule has 4 heteroatoms. The molecule has 2 N–H and O–H groups in total. The van der Waals surface area contributed by atoms with Gasteiger partial charge in [-0.25, -0.2) is 0 Å². The van der Waals surface area contributed by atoms with Gasteiger partial charge in [-0.1, -0.05) is 6.92 Å². The SMILES string of the molecule is CCC1CCC(C(=O)N(C)C(C)CN)O1.